The average Bonchev–Trinajstić information content (AvgIpc) is 3.48. The normalized spacial score (nSPS) is 12.9. The van der Waals surface area contributed by atoms with Crippen molar-refractivity contribution in [1.82, 2.24) is 0 Å². The second kappa shape index (κ2) is 20.2. The smallest absolute Gasteiger partial charge is 0.203 e. The lowest BCUT2D eigenvalue weighted by Crippen LogP contribution is -2.25. The highest BCUT2D eigenvalue weighted by molar-refractivity contribution is 5.85. The first kappa shape index (κ1) is 41.3. The molecule has 0 saturated carbocycles. The molecule has 0 N–H and O–H groups in total. The fraction of sp³-hybridized carbons (Fsp3) is 0.429. The molecule has 0 amide bonds. The summed E-state index contributed by atoms with van der Waals surface area (Å²) < 4.78 is 33.7. The summed E-state index contributed by atoms with van der Waals surface area (Å²) in [5.74, 6) is 3.77. The summed E-state index contributed by atoms with van der Waals surface area (Å²) in [7, 11) is 9.88. The van der Waals surface area contributed by atoms with Gasteiger partial charge in [-0.25, -0.2) is 0 Å². The lowest BCUT2D eigenvalue weighted by molar-refractivity contribution is 0.324. The minimum atomic E-state index is -0.0596. The summed E-state index contributed by atoms with van der Waals surface area (Å²) in [6, 6.07) is 22.1. The summed E-state index contributed by atoms with van der Waals surface area (Å²) >= 11 is 0. The van der Waals surface area contributed by atoms with Crippen molar-refractivity contribution < 1.29 is 28.4 Å². The number of methoxy groups -OCH3 is 6. The first-order valence-corrected chi connectivity index (χ1v) is 20.2. The Morgan fingerprint density at radius 3 is 1.07 bits per heavy atom. The Hall–Kier alpha value is -4.84. The Morgan fingerprint density at radius 1 is 0.400 bits per heavy atom. The van der Waals surface area contributed by atoms with Crippen LogP contribution in [0.4, 0.5) is 0 Å². The van der Waals surface area contributed by atoms with E-state index < -0.39 is 0 Å². The zero-order valence-electron chi connectivity index (χ0n) is 34.5. The first-order chi connectivity index (χ1) is 26.9. The topological polar surface area (TPSA) is 55.4 Å². The van der Waals surface area contributed by atoms with E-state index in [4.69, 9.17) is 28.4 Å². The summed E-state index contributed by atoms with van der Waals surface area (Å²) in [4.78, 5) is 0. The van der Waals surface area contributed by atoms with E-state index in [9.17, 15) is 0 Å². The Labute approximate surface area is 330 Å². The van der Waals surface area contributed by atoms with Gasteiger partial charge in [-0.1, -0.05) is 139 Å². The SMILES string of the molecule is CCCCCCCC1(CCCCCCC)c2cc(/C=C/c3cc(OC)c(OC)c(OC)c3)ccc2-c2ccc(/C=C/c3cc(OC)c(OC)c(OC)c3)cc21. The van der Waals surface area contributed by atoms with Gasteiger partial charge < -0.3 is 28.4 Å². The van der Waals surface area contributed by atoms with Crippen molar-refractivity contribution in [2.75, 3.05) is 42.7 Å². The van der Waals surface area contributed by atoms with E-state index in [2.05, 4.69) is 74.5 Å². The number of fused-ring (bicyclic) bond motifs is 3. The van der Waals surface area contributed by atoms with Crippen LogP contribution in [0.15, 0.2) is 60.7 Å². The highest BCUT2D eigenvalue weighted by atomic mass is 16.5. The molecular formula is C49H62O6. The summed E-state index contributed by atoms with van der Waals surface area (Å²) in [5, 5.41) is 0. The monoisotopic (exact) mass is 746 g/mol. The van der Waals surface area contributed by atoms with E-state index in [1.165, 1.54) is 97.6 Å². The molecule has 0 heterocycles. The van der Waals surface area contributed by atoms with E-state index >= 15 is 0 Å². The van der Waals surface area contributed by atoms with Crippen molar-refractivity contribution in [3.63, 3.8) is 0 Å². The highest BCUT2D eigenvalue weighted by Crippen LogP contribution is 2.55. The Balaban J connectivity index is 1.58. The third-order valence-corrected chi connectivity index (χ3v) is 11.1. The zero-order valence-corrected chi connectivity index (χ0v) is 34.5. The molecule has 294 valence electrons. The van der Waals surface area contributed by atoms with E-state index in [1.807, 2.05) is 24.3 Å². The van der Waals surface area contributed by atoms with E-state index in [0.29, 0.717) is 34.5 Å². The number of ether oxygens (including phenoxy) is 6. The van der Waals surface area contributed by atoms with Crippen LogP contribution >= 0.6 is 0 Å². The van der Waals surface area contributed by atoms with Crippen LogP contribution in [0.5, 0.6) is 34.5 Å². The van der Waals surface area contributed by atoms with Gasteiger partial charge in [0.25, 0.3) is 0 Å². The predicted molar refractivity (Wildman–Crippen MR) is 229 cm³/mol. The molecule has 0 fully saturated rings. The molecule has 55 heavy (non-hydrogen) atoms. The van der Waals surface area contributed by atoms with E-state index in [1.54, 1.807) is 42.7 Å². The molecule has 6 nitrogen and oxygen atoms in total. The zero-order chi connectivity index (χ0) is 39.2. The molecule has 6 heteroatoms. The molecule has 4 aromatic rings. The van der Waals surface area contributed by atoms with E-state index in [-0.39, 0.29) is 5.41 Å². The predicted octanol–water partition coefficient (Wildman–Crippen LogP) is 13.1. The van der Waals surface area contributed by atoms with Gasteiger partial charge in [-0.15, -0.1) is 0 Å². The molecule has 4 aromatic carbocycles. The van der Waals surface area contributed by atoms with Gasteiger partial charge in [0, 0.05) is 5.41 Å². The minimum Gasteiger partial charge on any atom is -0.493 e. The van der Waals surface area contributed by atoms with Crippen LogP contribution in [0.25, 0.3) is 35.4 Å². The van der Waals surface area contributed by atoms with Crippen molar-refractivity contribution in [3.8, 4) is 45.6 Å². The number of hydrogen-bond donors (Lipinski definition) is 0. The van der Waals surface area contributed by atoms with Gasteiger partial charge in [0.2, 0.25) is 11.5 Å². The number of rotatable bonds is 22. The van der Waals surface area contributed by atoms with Gasteiger partial charge in [-0.2, -0.15) is 0 Å². The average molecular weight is 747 g/mol. The van der Waals surface area contributed by atoms with Gasteiger partial charge in [0.05, 0.1) is 42.7 Å². The molecule has 1 aliphatic carbocycles. The maximum absolute atomic E-state index is 5.64. The molecule has 0 unspecified atom stereocenters. The minimum absolute atomic E-state index is 0.0596. The van der Waals surface area contributed by atoms with Gasteiger partial charge in [0.15, 0.2) is 23.0 Å². The van der Waals surface area contributed by atoms with Gasteiger partial charge in [-0.05, 0) is 81.6 Å². The quantitative estimate of drug-likeness (QED) is 0.0590. The van der Waals surface area contributed by atoms with Crippen molar-refractivity contribution in [2.45, 2.75) is 96.3 Å². The summed E-state index contributed by atoms with van der Waals surface area (Å²) in [6.07, 6.45) is 23.6. The maximum Gasteiger partial charge on any atom is 0.203 e. The Kier molecular flexibility index (Phi) is 15.2. The number of benzene rings is 4. The van der Waals surface area contributed by atoms with Crippen LogP contribution in [0.1, 0.15) is 124 Å². The second-order valence-electron chi connectivity index (χ2n) is 14.6. The molecule has 0 radical (unpaired) electrons. The molecule has 0 atom stereocenters. The molecule has 0 spiro atoms. The molecule has 5 rings (SSSR count). The third-order valence-electron chi connectivity index (χ3n) is 11.1. The second-order valence-corrected chi connectivity index (χ2v) is 14.6. The molecule has 0 bridgehead atoms. The fourth-order valence-corrected chi connectivity index (χ4v) is 8.24. The molecule has 1 aliphatic rings. The van der Waals surface area contributed by atoms with Crippen LogP contribution in [-0.2, 0) is 5.41 Å². The molecule has 0 aliphatic heterocycles. The maximum atomic E-state index is 5.64. The van der Waals surface area contributed by atoms with Crippen LogP contribution in [0.2, 0.25) is 0 Å². The van der Waals surface area contributed by atoms with Crippen LogP contribution in [0, 0.1) is 0 Å². The first-order valence-electron chi connectivity index (χ1n) is 20.2. The standard InChI is InChI=1S/C49H62O6/c1-9-11-13-15-17-27-49(28-18-16-14-12-10-2)41-29-35(19-21-37-31-43(50-3)47(54-7)44(32-37)51-4)23-25-39(41)40-26-24-36(30-42(40)49)20-22-38-33-45(52-5)48(55-8)46(34-38)53-6/h19-26,29-34H,9-18,27-28H2,1-8H3/b21-19+,22-20+. The van der Waals surface area contributed by atoms with Crippen LogP contribution in [-0.4, -0.2) is 42.7 Å². The number of unbranched alkanes of at least 4 members (excludes halogenated alkanes) is 8. The summed E-state index contributed by atoms with van der Waals surface area (Å²) in [6.45, 7) is 4.59. The number of hydrogen-bond acceptors (Lipinski definition) is 6. The van der Waals surface area contributed by atoms with Crippen molar-refractivity contribution in [3.05, 3.63) is 94.0 Å². The Morgan fingerprint density at radius 2 is 0.745 bits per heavy atom. The lowest BCUT2D eigenvalue weighted by atomic mass is 9.70. The largest absolute Gasteiger partial charge is 0.493 e. The lowest BCUT2D eigenvalue weighted by Gasteiger charge is -2.33. The fourth-order valence-electron chi connectivity index (χ4n) is 8.24. The molecule has 0 saturated heterocycles. The van der Waals surface area contributed by atoms with Crippen molar-refractivity contribution in [2.24, 2.45) is 0 Å². The molecule has 0 aromatic heterocycles. The van der Waals surface area contributed by atoms with Gasteiger partial charge >= 0.3 is 0 Å². The van der Waals surface area contributed by atoms with Gasteiger partial charge in [0.1, 0.15) is 0 Å². The highest BCUT2D eigenvalue weighted by Gasteiger charge is 2.42. The van der Waals surface area contributed by atoms with Gasteiger partial charge in [-0.3, -0.25) is 0 Å². The van der Waals surface area contributed by atoms with Crippen LogP contribution < -0.4 is 28.4 Å². The van der Waals surface area contributed by atoms with Crippen LogP contribution in [0.3, 0.4) is 0 Å². The molecular weight excluding hydrogens is 685 g/mol. The summed E-state index contributed by atoms with van der Waals surface area (Å²) in [5.41, 5.74) is 9.94. The van der Waals surface area contributed by atoms with E-state index in [0.717, 1.165) is 24.0 Å². The Bertz CT molecular complexity index is 1730. The van der Waals surface area contributed by atoms with Crippen molar-refractivity contribution >= 4 is 24.3 Å². The van der Waals surface area contributed by atoms with Crippen molar-refractivity contribution in [1.29, 1.82) is 0 Å². The third kappa shape index (κ3) is 9.52.